The smallest absolute Gasteiger partial charge is 0.255 e. The fraction of sp³-hybridized carbons (Fsp3) is 0.435. The lowest BCUT2D eigenvalue weighted by Crippen LogP contribution is -2.46. The van der Waals surface area contributed by atoms with Crippen LogP contribution in [0.5, 0.6) is 0 Å². The molecular weight excluding hydrogens is 366 g/mol. The molecule has 1 saturated carbocycles. The molecule has 1 aromatic carbocycles. The first-order chi connectivity index (χ1) is 13.9. The highest BCUT2D eigenvalue weighted by Gasteiger charge is 2.38. The zero-order chi connectivity index (χ0) is 20.5. The van der Waals surface area contributed by atoms with Crippen LogP contribution >= 0.6 is 0 Å². The highest BCUT2D eigenvalue weighted by molar-refractivity contribution is 5.96. The maximum Gasteiger partial charge on any atom is 0.255 e. The third kappa shape index (κ3) is 4.26. The van der Waals surface area contributed by atoms with Crippen LogP contribution in [0.15, 0.2) is 41.3 Å². The second-order valence-corrected chi connectivity index (χ2v) is 8.30. The van der Waals surface area contributed by atoms with Gasteiger partial charge >= 0.3 is 0 Å². The number of pyridine rings is 1. The van der Waals surface area contributed by atoms with Crippen molar-refractivity contribution in [3.05, 3.63) is 69.1 Å². The van der Waals surface area contributed by atoms with Crippen molar-refractivity contribution in [3.8, 4) is 0 Å². The SMILES string of the molecule is Cc1cc(C)cc(C(=O)N(CC2CCCN2C(=O)c2ccc(=O)[nH]c2)C2CC2)c1. The minimum Gasteiger partial charge on any atom is -0.334 e. The summed E-state index contributed by atoms with van der Waals surface area (Å²) in [6, 6.07) is 9.18. The number of H-pyrrole nitrogens is 1. The van der Waals surface area contributed by atoms with E-state index in [-0.39, 0.29) is 29.5 Å². The second kappa shape index (κ2) is 7.85. The summed E-state index contributed by atoms with van der Waals surface area (Å²) in [6.07, 6.45) is 5.34. The van der Waals surface area contributed by atoms with Crippen LogP contribution in [0.3, 0.4) is 0 Å². The van der Waals surface area contributed by atoms with Crippen molar-refractivity contribution in [1.29, 1.82) is 0 Å². The summed E-state index contributed by atoms with van der Waals surface area (Å²) in [4.78, 5) is 43.9. The molecule has 0 radical (unpaired) electrons. The van der Waals surface area contributed by atoms with Crippen LogP contribution in [0.25, 0.3) is 0 Å². The Morgan fingerprint density at radius 2 is 1.79 bits per heavy atom. The van der Waals surface area contributed by atoms with Gasteiger partial charge in [0, 0.05) is 43.0 Å². The van der Waals surface area contributed by atoms with E-state index in [1.165, 1.54) is 12.3 Å². The lowest BCUT2D eigenvalue weighted by Gasteiger charge is -2.31. The third-order valence-corrected chi connectivity index (χ3v) is 5.79. The first kappa shape index (κ1) is 19.4. The summed E-state index contributed by atoms with van der Waals surface area (Å²) in [5.74, 6) is -0.0269. The van der Waals surface area contributed by atoms with E-state index in [1.54, 1.807) is 6.07 Å². The van der Waals surface area contributed by atoms with Crippen LogP contribution < -0.4 is 5.56 Å². The average Bonchev–Trinajstić information content (AvgIpc) is 3.42. The van der Waals surface area contributed by atoms with Gasteiger partial charge in [0.05, 0.1) is 5.56 Å². The number of rotatable bonds is 5. The Kier molecular flexibility index (Phi) is 5.26. The minimum atomic E-state index is -0.224. The number of nitrogens with zero attached hydrogens (tertiary/aromatic N) is 2. The molecule has 1 aromatic heterocycles. The van der Waals surface area contributed by atoms with E-state index in [0.717, 1.165) is 42.4 Å². The van der Waals surface area contributed by atoms with Crippen molar-refractivity contribution >= 4 is 11.8 Å². The molecule has 1 N–H and O–H groups in total. The van der Waals surface area contributed by atoms with Crippen molar-refractivity contribution < 1.29 is 9.59 Å². The molecule has 1 unspecified atom stereocenters. The Balaban J connectivity index is 1.53. The van der Waals surface area contributed by atoms with E-state index in [0.29, 0.717) is 18.7 Å². The standard InChI is InChI=1S/C23H27N3O3/c1-15-10-16(2)12-18(11-15)23(29)26(19-6-7-19)14-20-4-3-9-25(20)22(28)17-5-8-21(27)24-13-17/h5,8,10-13,19-20H,3-4,6-7,9,14H2,1-2H3,(H,24,27). The first-order valence-electron chi connectivity index (χ1n) is 10.3. The predicted octanol–water partition coefficient (Wildman–Crippen LogP) is 2.90. The molecule has 29 heavy (non-hydrogen) atoms. The molecule has 1 aliphatic carbocycles. The molecule has 1 saturated heterocycles. The largest absolute Gasteiger partial charge is 0.334 e. The fourth-order valence-electron chi connectivity index (χ4n) is 4.28. The molecule has 0 spiro atoms. The van der Waals surface area contributed by atoms with Gasteiger partial charge in [-0.3, -0.25) is 14.4 Å². The number of aromatic nitrogens is 1. The summed E-state index contributed by atoms with van der Waals surface area (Å²) in [7, 11) is 0. The van der Waals surface area contributed by atoms with E-state index in [2.05, 4.69) is 11.1 Å². The van der Waals surface area contributed by atoms with Gasteiger partial charge in [0.15, 0.2) is 0 Å². The van der Waals surface area contributed by atoms with Crippen molar-refractivity contribution in [2.45, 2.75) is 51.6 Å². The molecule has 2 aromatic rings. The normalized spacial score (nSPS) is 18.7. The highest BCUT2D eigenvalue weighted by atomic mass is 16.2. The first-order valence-corrected chi connectivity index (χ1v) is 10.3. The summed E-state index contributed by atoms with van der Waals surface area (Å²) >= 11 is 0. The van der Waals surface area contributed by atoms with Crippen LogP contribution in [-0.4, -0.2) is 51.8 Å². The molecule has 4 rings (SSSR count). The van der Waals surface area contributed by atoms with Crippen LogP contribution in [0.1, 0.15) is 57.5 Å². The van der Waals surface area contributed by atoms with Gasteiger partial charge in [-0.25, -0.2) is 0 Å². The molecule has 2 aliphatic rings. The van der Waals surface area contributed by atoms with Crippen molar-refractivity contribution in [2.24, 2.45) is 0 Å². The van der Waals surface area contributed by atoms with Crippen LogP contribution in [0.2, 0.25) is 0 Å². The molecule has 2 heterocycles. The Bertz CT molecular complexity index is 952. The second-order valence-electron chi connectivity index (χ2n) is 8.30. The predicted molar refractivity (Wildman–Crippen MR) is 111 cm³/mol. The van der Waals surface area contributed by atoms with Gasteiger partial charge in [-0.2, -0.15) is 0 Å². The molecule has 1 atom stereocenters. The number of amides is 2. The zero-order valence-corrected chi connectivity index (χ0v) is 17.0. The van der Waals surface area contributed by atoms with Gasteiger partial charge in [-0.1, -0.05) is 17.2 Å². The fourth-order valence-corrected chi connectivity index (χ4v) is 4.28. The molecule has 152 valence electrons. The van der Waals surface area contributed by atoms with Gasteiger partial charge in [-0.05, 0) is 57.7 Å². The number of likely N-dealkylation sites (tertiary alicyclic amines) is 1. The molecule has 2 amide bonds. The molecule has 6 nitrogen and oxygen atoms in total. The quantitative estimate of drug-likeness (QED) is 0.849. The number of benzene rings is 1. The van der Waals surface area contributed by atoms with E-state index in [4.69, 9.17) is 0 Å². The molecule has 0 bridgehead atoms. The maximum absolute atomic E-state index is 13.3. The van der Waals surface area contributed by atoms with Crippen molar-refractivity contribution in [3.63, 3.8) is 0 Å². The molecule has 1 aliphatic heterocycles. The topological polar surface area (TPSA) is 73.5 Å². The lowest BCUT2D eigenvalue weighted by molar-refractivity contribution is 0.0608. The number of carbonyl (C=O) groups is 2. The Labute approximate surface area is 170 Å². The van der Waals surface area contributed by atoms with Gasteiger partial charge in [-0.15, -0.1) is 0 Å². The van der Waals surface area contributed by atoms with E-state index < -0.39 is 0 Å². The summed E-state index contributed by atoms with van der Waals surface area (Å²) in [5.41, 5.74) is 3.15. The number of aromatic amines is 1. The van der Waals surface area contributed by atoms with Crippen molar-refractivity contribution in [2.75, 3.05) is 13.1 Å². The molecule has 2 fully saturated rings. The van der Waals surface area contributed by atoms with E-state index >= 15 is 0 Å². The minimum absolute atomic E-state index is 0.00452. The van der Waals surface area contributed by atoms with Crippen LogP contribution in [-0.2, 0) is 0 Å². The van der Waals surface area contributed by atoms with Crippen molar-refractivity contribution in [1.82, 2.24) is 14.8 Å². The number of carbonyl (C=O) groups excluding carboxylic acids is 2. The van der Waals surface area contributed by atoms with Crippen LogP contribution in [0.4, 0.5) is 0 Å². The van der Waals surface area contributed by atoms with Gasteiger partial charge in [0.1, 0.15) is 0 Å². The number of hydrogen-bond acceptors (Lipinski definition) is 3. The Morgan fingerprint density at radius 1 is 1.07 bits per heavy atom. The Hall–Kier alpha value is -2.89. The maximum atomic E-state index is 13.3. The van der Waals surface area contributed by atoms with Gasteiger partial charge in [0.25, 0.3) is 11.8 Å². The summed E-state index contributed by atoms with van der Waals surface area (Å²) in [6.45, 7) is 5.25. The number of hydrogen-bond donors (Lipinski definition) is 1. The summed E-state index contributed by atoms with van der Waals surface area (Å²) in [5, 5.41) is 0. The average molecular weight is 393 g/mol. The van der Waals surface area contributed by atoms with Crippen LogP contribution in [0, 0.1) is 13.8 Å². The highest BCUT2D eigenvalue weighted by Crippen LogP contribution is 2.31. The zero-order valence-electron chi connectivity index (χ0n) is 17.0. The van der Waals surface area contributed by atoms with E-state index in [1.807, 2.05) is 35.8 Å². The number of aryl methyl sites for hydroxylation is 2. The van der Waals surface area contributed by atoms with E-state index in [9.17, 15) is 14.4 Å². The Morgan fingerprint density at radius 3 is 2.41 bits per heavy atom. The third-order valence-electron chi connectivity index (χ3n) is 5.79. The monoisotopic (exact) mass is 393 g/mol. The summed E-state index contributed by atoms with van der Waals surface area (Å²) < 4.78 is 0. The van der Waals surface area contributed by atoms with Gasteiger partial charge < -0.3 is 14.8 Å². The lowest BCUT2D eigenvalue weighted by atomic mass is 10.1. The number of nitrogens with one attached hydrogen (secondary N) is 1. The molecule has 6 heteroatoms. The molecular formula is C23H27N3O3. The van der Waals surface area contributed by atoms with Gasteiger partial charge in [0.2, 0.25) is 5.56 Å².